The number of likely N-dealkylation sites (tertiary alicyclic amines) is 1. The number of amides is 1. The number of pyridine rings is 1. The molecule has 0 radical (unpaired) electrons. The van der Waals surface area contributed by atoms with Crippen molar-refractivity contribution >= 4 is 5.91 Å². The van der Waals surface area contributed by atoms with Crippen LogP contribution < -0.4 is 10.5 Å². The molecule has 0 bridgehead atoms. The van der Waals surface area contributed by atoms with Gasteiger partial charge in [0.1, 0.15) is 5.75 Å². The molecule has 116 valence electrons. The number of hydrogen-bond donors (Lipinski definition) is 1. The van der Waals surface area contributed by atoms with Gasteiger partial charge in [0, 0.05) is 31.2 Å². The van der Waals surface area contributed by atoms with E-state index in [0.717, 1.165) is 38.0 Å². The van der Waals surface area contributed by atoms with Gasteiger partial charge in [-0.1, -0.05) is 12.8 Å². The molecule has 1 atom stereocenters. The molecule has 1 fully saturated rings. The zero-order valence-electron chi connectivity index (χ0n) is 12.8. The average molecular weight is 291 g/mol. The highest BCUT2D eigenvalue weighted by Crippen LogP contribution is 2.12. The Labute approximate surface area is 126 Å². The van der Waals surface area contributed by atoms with Crippen molar-refractivity contribution in [3.05, 3.63) is 24.0 Å². The maximum Gasteiger partial charge on any atom is 0.260 e. The molecule has 1 unspecified atom stereocenters. The minimum Gasteiger partial charge on any atom is -0.482 e. The molecular weight excluding hydrogens is 266 g/mol. The third-order valence-electron chi connectivity index (χ3n) is 3.65. The van der Waals surface area contributed by atoms with Gasteiger partial charge in [-0.25, -0.2) is 0 Å². The number of carbonyl (C=O) groups excluding carboxylic acids is 1. The van der Waals surface area contributed by atoms with Gasteiger partial charge in [-0.2, -0.15) is 0 Å². The summed E-state index contributed by atoms with van der Waals surface area (Å²) in [5.74, 6) is 0.697. The molecule has 2 N–H and O–H groups in total. The van der Waals surface area contributed by atoms with Gasteiger partial charge in [0.2, 0.25) is 0 Å². The van der Waals surface area contributed by atoms with Crippen LogP contribution in [0.25, 0.3) is 0 Å². The highest BCUT2D eigenvalue weighted by Gasteiger charge is 2.15. The molecule has 5 heteroatoms. The lowest BCUT2D eigenvalue weighted by Gasteiger charge is -2.20. The molecule has 0 aromatic carbocycles. The van der Waals surface area contributed by atoms with Crippen LogP contribution in [0, 0.1) is 0 Å². The van der Waals surface area contributed by atoms with Crippen molar-refractivity contribution < 1.29 is 9.53 Å². The average Bonchev–Trinajstić information content (AvgIpc) is 2.75. The predicted octanol–water partition coefficient (Wildman–Crippen LogP) is 1.75. The largest absolute Gasteiger partial charge is 0.482 e. The second-order valence-corrected chi connectivity index (χ2v) is 5.75. The van der Waals surface area contributed by atoms with E-state index in [1.54, 1.807) is 6.20 Å². The van der Waals surface area contributed by atoms with E-state index < -0.39 is 0 Å². The lowest BCUT2D eigenvalue weighted by atomic mass is 10.2. The fourth-order valence-corrected chi connectivity index (χ4v) is 2.50. The Morgan fingerprint density at radius 3 is 2.62 bits per heavy atom. The van der Waals surface area contributed by atoms with Crippen LogP contribution >= 0.6 is 0 Å². The Morgan fingerprint density at radius 1 is 1.33 bits per heavy atom. The van der Waals surface area contributed by atoms with Gasteiger partial charge in [0.05, 0.1) is 6.20 Å². The summed E-state index contributed by atoms with van der Waals surface area (Å²) in [5.41, 5.74) is 6.68. The van der Waals surface area contributed by atoms with E-state index in [2.05, 4.69) is 4.98 Å². The molecule has 2 heterocycles. The minimum atomic E-state index is 0.0663. The molecule has 1 aromatic heterocycles. The maximum atomic E-state index is 12.1. The number of rotatable bonds is 5. The van der Waals surface area contributed by atoms with Crippen LogP contribution in [0.5, 0.6) is 5.75 Å². The third kappa shape index (κ3) is 5.34. The van der Waals surface area contributed by atoms with Gasteiger partial charge in [0.25, 0.3) is 5.91 Å². The fourth-order valence-electron chi connectivity index (χ4n) is 2.50. The van der Waals surface area contributed by atoms with Crippen molar-refractivity contribution in [2.75, 3.05) is 19.7 Å². The summed E-state index contributed by atoms with van der Waals surface area (Å²) in [6.07, 6.45) is 7.03. The molecule has 21 heavy (non-hydrogen) atoms. The van der Waals surface area contributed by atoms with Gasteiger partial charge in [-0.05, 0) is 31.9 Å². The van der Waals surface area contributed by atoms with Gasteiger partial charge < -0.3 is 15.4 Å². The molecule has 1 aliphatic heterocycles. The van der Waals surface area contributed by atoms with Crippen LogP contribution in [0.3, 0.4) is 0 Å². The van der Waals surface area contributed by atoms with Gasteiger partial charge in [-0.15, -0.1) is 0 Å². The first-order valence-corrected chi connectivity index (χ1v) is 7.76. The highest BCUT2D eigenvalue weighted by molar-refractivity contribution is 5.77. The van der Waals surface area contributed by atoms with E-state index in [4.69, 9.17) is 10.5 Å². The Bertz CT molecular complexity index is 437. The first-order chi connectivity index (χ1) is 10.1. The van der Waals surface area contributed by atoms with Crippen molar-refractivity contribution in [3.63, 3.8) is 0 Å². The van der Waals surface area contributed by atoms with E-state index >= 15 is 0 Å². The van der Waals surface area contributed by atoms with Crippen LogP contribution in [-0.2, 0) is 11.2 Å². The molecule has 1 aliphatic rings. The first-order valence-electron chi connectivity index (χ1n) is 7.76. The topological polar surface area (TPSA) is 68.5 Å². The van der Waals surface area contributed by atoms with Crippen LogP contribution in [0.4, 0.5) is 0 Å². The molecule has 1 aromatic rings. The zero-order valence-corrected chi connectivity index (χ0v) is 12.8. The second kappa shape index (κ2) is 7.98. The normalized spacial score (nSPS) is 17.1. The Hall–Kier alpha value is -1.62. The lowest BCUT2D eigenvalue weighted by molar-refractivity contribution is -0.133. The fraction of sp³-hybridized carbons (Fsp3) is 0.625. The first kappa shape index (κ1) is 15.8. The molecule has 0 spiro atoms. The number of hydrogen-bond acceptors (Lipinski definition) is 4. The number of nitrogens with two attached hydrogens (primary N) is 1. The maximum absolute atomic E-state index is 12.1. The summed E-state index contributed by atoms with van der Waals surface area (Å²) in [5, 5.41) is 0. The summed E-state index contributed by atoms with van der Waals surface area (Å²) < 4.78 is 5.54. The Morgan fingerprint density at radius 2 is 2.05 bits per heavy atom. The molecular formula is C16H25N3O2. The van der Waals surface area contributed by atoms with E-state index in [1.165, 1.54) is 12.8 Å². The third-order valence-corrected chi connectivity index (χ3v) is 3.65. The van der Waals surface area contributed by atoms with Crippen LogP contribution in [0.2, 0.25) is 0 Å². The standard InChI is InChI=1S/C16H25N3O2/c1-13(17)10-14-6-7-15(11-18-14)21-12-16(20)19-8-4-2-3-5-9-19/h6-7,11,13H,2-5,8-10,12,17H2,1H3. The zero-order chi connectivity index (χ0) is 15.1. The lowest BCUT2D eigenvalue weighted by Crippen LogP contribution is -2.35. The van der Waals surface area contributed by atoms with Crippen LogP contribution in [-0.4, -0.2) is 41.5 Å². The molecule has 5 nitrogen and oxygen atoms in total. The number of ether oxygens (including phenoxy) is 1. The van der Waals surface area contributed by atoms with E-state index in [9.17, 15) is 4.79 Å². The smallest absolute Gasteiger partial charge is 0.260 e. The second-order valence-electron chi connectivity index (χ2n) is 5.75. The van der Waals surface area contributed by atoms with Gasteiger partial charge >= 0.3 is 0 Å². The summed E-state index contributed by atoms with van der Waals surface area (Å²) in [6.45, 7) is 3.75. The monoisotopic (exact) mass is 291 g/mol. The SMILES string of the molecule is CC(N)Cc1ccc(OCC(=O)N2CCCCCC2)cn1. The van der Waals surface area contributed by atoms with Crippen LogP contribution in [0.1, 0.15) is 38.3 Å². The van der Waals surface area contributed by atoms with Crippen molar-refractivity contribution in [2.45, 2.75) is 45.1 Å². The van der Waals surface area contributed by atoms with E-state index in [-0.39, 0.29) is 18.6 Å². The summed E-state index contributed by atoms with van der Waals surface area (Å²) in [4.78, 5) is 18.3. The minimum absolute atomic E-state index is 0.0663. The van der Waals surface area contributed by atoms with E-state index in [0.29, 0.717) is 5.75 Å². The number of carbonyl (C=O) groups is 1. The molecule has 1 amide bonds. The summed E-state index contributed by atoms with van der Waals surface area (Å²) in [6, 6.07) is 3.84. The van der Waals surface area contributed by atoms with Gasteiger partial charge in [0.15, 0.2) is 6.61 Å². The van der Waals surface area contributed by atoms with Crippen molar-refractivity contribution in [2.24, 2.45) is 5.73 Å². The highest BCUT2D eigenvalue weighted by atomic mass is 16.5. The quantitative estimate of drug-likeness (QED) is 0.897. The van der Waals surface area contributed by atoms with Crippen LogP contribution in [0.15, 0.2) is 18.3 Å². The Balaban J connectivity index is 1.80. The number of aromatic nitrogens is 1. The van der Waals surface area contributed by atoms with Crippen molar-refractivity contribution in [3.8, 4) is 5.75 Å². The molecule has 0 saturated carbocycles. The molecule has 0 aliphatic carbocycles. The summed E-state index contributed by atoms with van der Waals surface area (Å²) in [7, 11) is 0. The van der Waals surface area contributed by atoms with E-state index in [1.807, 2.05) is 24.0 Å². The van der Waals surface area contributed by atoms with Crippen molar-refractivity contribution in [1.82, 2.24) is 9.88 Å². The van der Waals surface area contributed by atoms with Crippen molar-refractivity contribution in [1.29, 1.82) is 0 Å². The van der Waals surface area contributed by atoms with Gasteiger partial charge in [-0.3, -0.25) is 9.78 Å². The molecule has 2 rings (SSSR count). The predicted molar refractivity (Wildman–Crippen MR) is 82.1 cm³/mol. The number of nitrogens with zero attached hydrogens (tertiary/aromatic N) is 2. The Kier molecular flexibility index (Phi) is 5.99. The summed E-state index contributed by atoms with van der Waals surface area (Å²) >= 11 is 0. The molecule has 1 saturated heterocycles.